The molecule has 2 N–H and O–H groups in total. The maximum atomic E-state index is 5.64. The molecule has 4 rings (SSSR count). The van der Waals surface area contributed by atoms with E-state index in [4.69, 9.17) is 5.73 Å². The molecule has 0 radical (unpaired) electrons. The topological polar surface area (TPSA) is 64.7 Å². The largest absolute Gasteiger partial charge is 0.368 e. The highest BCUT2D eigenvalue weighted by Gasteiger charge is 2.25. The van der Waals surface area contributed by atoms with Crippen LogP contribution in [0.5, 0.6) is 0 Å². The first-order valence-corrected chi connectivity index (χ1v) is 6.92. The normalized spacial score (nSPS) is 15.6. The second-order valence-electron chi connectivity index (χ2n) is 5.28. The fourth-order valence-corrected chi connectivity index (χ4v) is 3.04. The van der Waals surface area contributed by atoms with Crippen molar-refractivity contribution in [3.8, 4) is 22.5 Å². The molecule has 2 aromatic carbocycles. The van der Waals surface area contributed by atoms with Crippen molar-refractivity contribution in [2.45, 2.75) is 12.8 Å². The van der Waals surface area contributed by atoms with Crippen LogP contribution in [0.4, 0.5) is 5.95 Å². The molecule has 3 aromatic rings. The molecule has 0 amide bonds. The molecule has 4 nitrogen and oxygen atoms in total. The minimum absolute atomic E-state index is 0.247. The monoisotopic (exact) mass is 274 g/mol. The highest BCUT2D eigenvalue weighted by atomic mass is 15.1. The second kappa shape index (κ2) is 4.38. The van der Waals surface area contributed by atoms with Gasteiger partial charge in [0.25, 0.3) is 0 Å². The van der Waals surface area contributed by atoms with Gasteiger partial charge in [-0.3, -0.25) is 0 Å². The maximum absolute atomic E-state index is 5.64. The van der Waals surface area contributed by atoms with Crippen LogP contribution in [0.1, 0.15) is 24.0 Å². The first kappa shape index (κ1) is 12.0. The van der Waals surface area contributed by atoms with Gasteiger partial charge in [-0.1, -0.05) is 43.3 Å². The molecule has 4 heteroatoms. The Morgan fingerprint density at radius 1 is 0.952 bits per heavy atom. The van der Waals surface area contributed by atoms with E-state index < -0.39 is 0 Å². The third-order valence-electron chi connectivity index (χ3n) is 4.08. The smallest absolute Gasteiger partial charge is 0.223 e. The summed E-state index contributed by atoms with van der Waals surface area (Å²) in [5.41, 5.74) is 11.9. The average Bonchev–Trinajstić information content (AvgIpc) is 2.81. The molecular formula is C17H14N4. The second-order valence-corrected chi connectivity index (χ2v) is 5.28. The number of fused-ring (bicyclic) bond motifs is 3. The lowest BCUT2D eigenvalue weighted by atomic mass is 9.98. The van der Waals surface area contributed by atoms with Gasteiger partial charge in [0.15, 0.2) is 5.82 Å². The summed E-state index contributed by atoms with van der Waals surface area (Å²) in [4.78, 5) is 12.2. The number of nitrogen functional groups attached to an aromatic ring is 1. The zero-order chi connectivity index (χ0) is 14.4. The maximum Gasteiger partial charge on any atom is 0.223 e. The van der Waals surface area contributed by atoms with E-state index in [1.54, 1.807) is 0 Å². The molecule has 0 bridgehead atoms. The van der Waals surface area contributed by atoms with Gasteiger partial charge in [0.1, 0.15) is 6.33 Å². The summed E-state index contributed by atoms with van der Waals surface area (Å²) in [6.07, 6.45) is 1.45. The van der Waals surface area contributed by atoms with E-state index in [1.165, 1.54) is 28.6 Å². The van der Waals surface area contributed by atoms with Crippen molar-refractivity contribution >= 4 is 5.95 Å². The average molecular weight is 274 g/mol. The van der Waals surface area contributed by atoms with E-state index >= 15 is 0 Å². The van der Waals surface area contributed by atoms with E-state index in [0.717, 1.165) is 5.56 Å². The molecule has 0 saturated carbocycles. The van der Waals surface area contributed by atoms with Crippen LogP contribution in [0.2, 0.25) is 0 Å². The number of hydrogen-bond acceptors (Lipinski definition) is 4. The van der Waals surface area contributed by atoms with Gasteiger partial charge in [-0.2, -0.15) is 4.98 Å². The van der Waals surface area contributed by atoms with Crippen molar-refractivity contribution in [1.29, 1.82) is 0 Å². The minimum atomic E-state index is 0.247. The van der Waals surface area contributed by atoms with Crippen LogP contribution in [0.15, 0.2) is 48.8 Å². The van der Waals surface area contributed by atoms with Crippen LogP contribution < -0.4 is 5.73 Å². The summed E-state index contributed by atoms with van der Waals surface area (Å²) in [6, 6.07) is 14.9. The van der Waals surface area contributed by atoms with Gasteiger partial charge < -0.3 is 5.73 Å². The zero-order valence-corrected chi connectivity index (χ0v) is 11.6. The van der Waals surface area contributed by atoms with Crippen molar-refractivity contribution < 1.29 is 0 Å². The number of anilines is 1. The lowest BCUT2D eigenvalue weighted by Gasteiger charge is -2.08. The standard InChI is InChI=1S/C17H14N4/c1-10-12-4-2-3-5-13(12)14-7-6-11(8-15(10)14)16-19-9-20-17(18)21-16/h2-10H,1H3,(H2,18,19,20,21). The Balaban J connectivity index is 1.87. The van der Waals surface area contributed by atoms with Crippen LogP contribution in [0.3, 0.4) is 0 Å². The molecule has 21 heavy (non-hydrogen) atoms. The van der Waals surface area contributed by atoms with Gasteiger partial charge in [-0.05, 0) is 28.3 Å². The molecular weight excluding hydrogens is 260 g/mol. The molecule has 0 spiro atoms. The number of nitrogens with two attached hydrogens (primary N) is 1. The van der Waals surface area contributed by atoms with E-state index in [9.17, 15) is 0 Å². The highest BCUT2D eigenvalue weighted by Crippen LogP contribution is 2.45. The quantitative estimate of drug-likeness (QED) is 0.739. The fraction of sp³-hybridized carbons (Fsp3) is 0.118. The lowest BCUT2D eigenvalue weighted by molar-refractivity contribution is 0.956. The third kappa shape index (κ3) is 1.80. The van der Waals surface area contributed by atoms with Crippen LogP contribution in [-0.4, -0.2) is 15.0 Å². The fourth-order valence-electron chi connectivity index (χ4n) is 3.04. The Hall–Kier alpha value is -2.75. The molecule has 0 fully saturated rings. The summed E-state index contributed by atoms with van der Waals surface area (Å²) in [5.74, 6) is 1.25. The number of rotatable bonds is 1. The van der Waals surface area contributed by atoms with Gasteiger partial charge in [-0.15, -0.1) is 0 Å². The van der Waals surface area contributed by atoms with Crippen LogP contribution in [0.25, 0.3) is 22.5 Å². The summed E-state index contributed by atoms with van der Waals surface area (Å²) >= 11 is 0. The SMILES string of the molecule is CC1c2ccccc2-c2ccc(-c3ncnc(N)n3)cc21. The van der Waals surface area contributed by atoms with Crippen LogP contribution in [-0.2, 0) is 0 Å². The first-order valence-electron chi connectivity index (χ1n) is 6.92. The zero-order valence-electron chi connectivity index (χ0n) is 11.6. The van der Waals surface area contributed by atoms with Crippen molar-refractivity contribution in [3.05, 3.63) is 59.9 Å². The third-order valence-corrected chi connectivity index (χ3v) is 4.08. The minimum Gasteiger partial charge on any atom is -0.368 e. The van der Waals surface area contributed by atoms with Gasteiger partial charge in [0.05, 0.1) is 0 Å². The molecule has 0 saturated heterocycles. The Morgan fingerprint density at radius 3 is 2.62 bits per heavy atom. The van der Waals surface area contributed by atoms with E-state index in [0.29, 0.717) is 11.7 Å². The summed E-state index contributed by atoms with van der Waals surface area (Å²) in [5, 5.41) is 0. The number of nitrogens with zero attached hydrogens (tertiary/aromatic N) is 3. The molecule has 1 unspecified atom stereocenters. The molecule has 0 aliphatic heterocycles. The number of aromatic nitrogens is 3. The lowest BCUT2D eigenvalue weighted by Crippen LogP contribution is -1.98. The summed E-state index contributed by atoms with van der Waals surface area (Å²) in [6.45, 7) is 2.23. The predicted molar refractivity (Wildman–Crippen MR) is 82.6 cm³/mol. The van der Waals surface area contributed by atoms with Crippen LogP contribution >= 0.6 is 0 Å². The van der Waals surface area contributed by atoms with E-state index in [-0.39, 0.29) is 5.95 Å². The van der Waals surface area contributed by atoms with Gasteiger partial charge in [0.2, 0.25) is 5.95 Å². The Labute approximate surface area is 122 Å². The van der Waals surface area contributed by atoms with Crippen molar-refractivity contribution in [2.24, 2.45) is 0 Å². The first-order chi connectivity index (χ1) is 10.2. The van der Waals surface area contributed by atoms with Gasteiger partial charge in [-0.25, -0.2) is 9.97 Å². The van der Waals surface area contributed by atoms with E-state index in [1.807, 2.05) is 6.07 Å². The molecule has 1 aliphatic carbocycles. The molecule has 1 aliphatic rings. The molecule has 1 atom stereocenters. The Bertz CT molecular complexity index is 842. The van der Waals surface area contributed by atoms with Crippen molar-refractivity contribution in [2.75, 3.05) is 5.73 Å². The summed E-state index contributed by atoms with van der Waals surface area (Å²) in [7, 11) is 0. The van der Waals surface area contributed by atoms with E-state index in [2.05, 4.69) is 58.3 Å². The Morgan fingerprint density at radius 2 is 1.76 bits per heavy atom. The van der Waals surface area contributed by atoms with Crippen molar-refractivity contribution in [3.63, 3.8) is 0 Å². The number of benzene rings is 2. The molecule has 1 aromatic heterocycles. The van der Waals surface area contributed by atoms with Crippen molar-refractivity contribution in [1.82, 2.24) is 15.0 Å². The van der Waals surface area contributed by atoms with Crippen LogP contribution in [0, 0.1) is 0 Å². The molecule has 102 valence electrons. The summed E-state index contributed by atoms with van der Waals surface area (Å²) < 4.78 is 0. The van der Waals surface area contributed by atoms with Gasteiger partial charge >= 0.3 is 0 Å². The van der Waals surface area contributed by atoms with Gasteiger partial charge in [0, 0.05) is 11.5 Å². The Kier molecular flexibility index (Phi) is 2.51. The predicted octanol–water partition coefficient (Wildman–Crippen LogP) is 3.25. The number of hydrogen-bond donors (Lipinski definition) is 1. The molecule has 1 heterocycles. The highest BCUT2D eigenvalue weighted by molar-refractivity contribution is 5.81.